The van der Waals surface area contributed by atoms with Gasteiger partial charge in [-0.2, -0.15) is 10.2 Å². The van der Waals surface area contributed by atoms with Crippen LogP contribution in [0.5, 0.6) is 0 Å². The van der Waals surface area contributed by atoms with Crippen molar-refractivity contribution in [3.05, 3.63) is 0 Å². The molecule has 0 N–H and O–H groups in total. The van der Waals surface area contributed by atoms with Crippen molar-refractivity contribution in [2.45, 2.75) is 34.6 Å². The van der Waals surface area contributed by atoms with E-state index in [9.17, 15) is 0 Å². The van der Waals surface area contributed by atoms with Crippen LogP contribution in [0.15, 0.2) is 10.2 Å². The molecule has 0 unspecified atom stereocenters. The molecule has 0 aromatic rings. The SMILES string of the molecule is CC.CC1=NN=C(C)C1C. The van der Waals surface area contributed by atoms with Crippen LogP contribution in [0.3, 0.4) is 0 Å². The van der Waals surface area contributed by atoms with Gasteiger partial charge in [0.15, 0.2) is 0 Å². The molecule has 2 nitrogen and oxygen atoms in total. The van der Waals surface area contributed by atoms with Crippen LogP contribution in [0.25, 0.3) is 0 Å². The molecule has 0 fully saturated rings. The van der Waals surface area contributed by atoms with E-state index in [2.05, 4.69) is 17.1 Å². The van der Waals surface area contributed by atoms with E-state index in [1.165, 1.54) is 0 Å². The Morgan fingerprint density at radius 2 is 1.30 bits per heavy atom. The molecular weight excluding hydrogens is 124 g/mol. The summed E-state index contributed by atoms with van der Waals surface area (Å²) in [6, 6.07) is 0. The van der Waals surface area contributed by atoms with Gasteiger partial charge in [-0.3, -0.25) is 0 Å². The van der Waals surface area contributed by atoms with Crippen molar-refractivity contribution in [1.82, 2.24) is 0 Å². The van der Waals surface area contributed by atoms with Crippen molar-refractivity contribution >= 4 is 11.4 Å². The lowest BCUT2D eigenvalue weighted by molar-refractivity contribution is 1.07. The second-order valence-electron chi connectivity index (χ2n) is 2.20. The summed E-state index contributed by atoms with van der Waals surface area (Å²) >= 11 is 0. The zero-order chi connectivity index (χ0) is 8.15. The van der Waals surface area contributed by atoms with Gasteiger partial charge >= 0.3 is 0 Å². The van der Waals surface area contributed by atoms with E-state index < -0.39 is 0 Å². The fourth-order valence-corrected chi connectivity index (χ4v) is 0.633. The maximum absolute atomic E-state index is 3.90. The minimum Gasteiger partial charge on any atom is -0.160 e. The molecule has 0 bridgehead atoms. The molecule has 0 amide bonds. The predicted octanol–water partition coefficient (Wildman–Crippen LogP) is 2.50. The second kappa shape index (κ2) is 4.20. The maximum atomic E-state index is 3.90. The highest BCUT2D eigenvalue weighted by molar-refractivity contribution is 6.07. The predicted molar refractivity (Wildman–Crippen MR) is 46.7 cm³/mol. The van der Waals surface area contributed by atoms with Crippen LogP contribution < -0.4 is 0 Å². The molecular formula is C8H16N2. The van der Waals surface area contributed by atoms with Gasteiger partial charge < -0.3 is 0 Å². The van der Waals surface area contributed by atoms with Gasteiger partial charge in [0, 0.05) is 17.3 Å². The first kappa shape index (κ1) is 9.34. The van der Waals surface area contributed by atoms with E-state index in [1.807, 2.05) is 27.7 Å². The Morgan fingerprint density at radius 1 is 1.00 bits per heavy atom. The van der Waals surface area contributed by atoms with Gasteiger partial charge in [0.1, 0.15) is 0 Å². The molecule has 0 radical (unpaired) electrons. The van der Waals surface area contributed by atoms with Crippen LogP contribution in [-0.2, 0) is 0 Å². The average molecular weight is 140 g/mol. The topological polar surface area (TPSA) is 24.7 Å². The zero-order valence-corrected chi connectivity index (χ0v) is 7.47. The molecule has 0 spiro atoms. The Hall–Kier alpha value is -0.660. The number of hydrogen-bond donors (Lipinski definition) is 0. The maximum Gasteiger partial charge on any atom is 0.0459 e. The van der Waals surface area contributed by atoms with Gasteiger partial charge in [-0.25, -0.2) is 0 Å². The van der Waals surface area contributed by atoms with E-state index in [0.29, 0.717) is 5.92 Å². The molecule has 1 aliphatic rings. The Kier molecular flexibility index (Phi) is 3.93. The van der Waals surface area contributed by atoms with E-state index in [1.54, 1.807) is 0 Å². The van der Waals surface area contributed by atoms with Gasteiger partial charge in [-0.1, -0.05) is 20.8 Å². The van der Waals surface area contributed by atoms with Crippen LogP contribution >= 0.6 is 0 Å². The normalized spacial score (nSPS) is 17.3. The van der Waals surface area contributed by atoms with E-state index in [0.717, 1.165) is 11.4 Å². The molecule has 1 rings (SSSR count). The molecule has 0 atom stereocenters. The molecule has 1 aliphatic heterocycles. The first-order chi connectivity index (χ1) is 4.72. The molecule has 0 aromatic heterocycles. The summed E-state index contributed by atoms with van der Waals surface area (Å²) in [5.41, 5.74) is 2.25. The van der Waals surface area contributed by atoms with E-state index in [-0.39, 0.29) is 0 Å². The van der Waals surface area contributed by atoms with Crippen molar-refractivity contribution in [3.8, 4) is 0 Å². The smallest absolute Gasteiger partial charge is 0.0459 e. The first-order valence-electron chi connectivity index (χ1n) is 3.80. The van der Waals surface area contributed by atoms with Gasteiger partial charge in [-0.15, -0.1) is 0 Å². The lowest BCUT2D eigenvalue weighted by atomic mass is 10.0. The van der Waals surface area contributed by atoms with Crippen molar-refractivity contribution in [3.63, 3.8) is 0 Å². The van der Waals surface area contributed by atoms with Crippen LogP contribution in [-0.4, -0.2) is 11.4 Å². The molecule has 0 saturated carbocycles. The lowest BCUT2D eigenvalue weighted by Gasteiger charge is -1.98. The first-order valence-corrected chi connectivity index (χ1v) is 3.80. The third-order valence-electron chi connectivity index (χ3n) is 1.62. The Balaban J connectivity index is 0.000000371. The minimum absolute atomic E-state index is 0.481. The quantitative estimate of drug-likeness (QED) is 0.494. The summed E-state index contributed by atoms with van der Waals surface area (Å²) in [6.45, 7) is 10.1. The van der Waals surface area contributed by atoms with E-state index in [4.69, 9.17) is 0 Å². The molecule has 0 saturated heterocycles. The Labute approximate surface area is 63.1 Å². The molecule has 2 heteroatoms. The van der Waals surface area contributed by atoms with Crippen LogP contribution in [0.4, 0.5) is 0 Å². The van der Waals surface area contributed by atoms with Crippen LogP contribution in [0, 0.1) is 5.92 Å². The highest BCUT2D eigenvalue weighted by Gasteiger charge is 2.13. The fourth-order valence-electron chi connectivity index (χ4n) is 0.633. The van der Waals surface area contributed by atoms with Crippen LogP contribution in [0.1, 0.15) is 34.6 Å². The molecule has 0 aliphatic carbocycles. The zero-order valence-electron chi connectivity index (χ0n) is 7.47. The van der Waals surface area contributed by atoms with Gasteiger partial charge in [0.2, 0.25) is 0 Å². The third kappa shape index (κ3) is 1.94. The summed E-state index contributed by atoms with van der Waals surface area (Å²) in [7, 11) is 0. The van der Waals surface area contributed by atoms with Crippen molar-refractivity contribution < 1.29 is 0 Å². The standard InChI is InChI=1S/C6H10N2.C2H6/c1-4-5(2)7-8-6(4)3;1-2/h4H,1-3H3;1-2H3. The van der Waals surface area contributed by atoms with Crippen molar-refractivity contribution in [2.24, 2.45) is 16.1 Å². The summed E-state index contributed by atoms with van der Waals surface area (Å²) < 4.78 is 0. The van der Waals surface area contributed by atoms with Gasteiger partial charge in [-0.05, 0) is 13.8 Å². The van der Waals surface area contributed by atoms with Gasteiger partial charge in [0.05, 0.1) is 0 Å². The summed E-state index contributed by atoms with van der Waals surface area (Å²) in [5, 5.41) is 7.81. The van der Waals surface area contributed by atoms with Crippen molar-refractivity contribution in [2.75, 3.05) is 0 Å². The number of hydrogen-bond acceptors (Lipinski definition) is 2. The number of rotatable bonds is 0. The minimum atomic E-state index is 0.481. The Bertz CT molecular complexity index is 139. The fraction of sp³-hybridized carbons (Fsp3) is 0.750. The molecule has 1 heterocycles. The van der Waals surface area contributed by atoms with Crippen LogP contribution in [0.2, 0.25) is 0 Å². The Morgan fingerprint density at radius 3 is 1.40 bits per heavy atom. The number of nitrogens with zero attached hydrogens (tertiary/aromatic N) is 2. The average Bonchev–Trinajstić information content (AvgIpc) is 2.25. The molecule has 58 valence electrons. The van der Waals surface area contributed by atoms with Gasteiger partial charge in [0.25, 0.3) is 0 Å². The molecule has 10 heavy (non-hydrogen) atoms. The summed E-state index contributed by atoms with van der Waals surface area (Å²) in [5.74, 6) is 0.481. The van der Waals surface area contributed by atoms with E-state index >= 15 is 0 Å². The van der Waals surface area contributed by atoms with Crippen molar-refractivity contribution in [1.29, 1.82) is 0 Å². The third-order valence-corrected chi connectivity index (χ3v) is 1.62. The highest BCUT2D eigenvalue weighted by atomic mass is 15.2. The molecule has 0 aromatic carbocycles. The highest BCUT2D eigenvalue weighted by Crippen LogP contribution is 2.08. The second-order valence-corrected chi connectivity index (χ2v) is 2.20. The largest absolute Gasteiger partial charge is 0.160 e. The summed E-state index contributed by atoms with van der Waals surface area (Å²) in [6.07, 6.45) is 0. The summed E-state index contributed by atoms with van der Waals surface area (Å²) in [4.78, 5) is 0. The monoisotopic (exact) mass is 140 g/mol. The lowest BCUT2D eigenvalue weighted by Crippen LogP contribution is -2.09.